The summed E-state index contributed by atoms with van der Waals surface area (Å²) in [6, 6.07) is 4.42. The largest absolute Gasteiger partial charge is 0.494 e. The van der Waals surface area contributed by atoms with Crippen molar-refractivity contribution in [2.24, 2.45) is 0 Å². The normalized spacial score (nSPS) is 12.2. The smallest absolute Gasteiger partial charge is 0.216 e. The number of rotatable bonds is 5. The Morgan fingerprint density at radius 2 is 2.00 bits per heavy atom. The maximum Gasteiger partial charge on any atom is 0.216 e. The van der Waals surface area contributed by atoms with Crippen LogP contribution in [0.15, 0.2) is 18.2 Å². The first-order chi connectivity index (χ1) is 8.28. The predicted octanol–water partition coefficient (Wildman–Crippen LogP) is 2.00. The molecule has 18 heavy (non-hydrogen) atoms. The second-order valence-electron chi connectivity index (χ2n) is 4.32. The van der Waals surface area contributed by atoms with Crippen molar-refractivity contribution >= 4 is 10.0 Å². The lowest BCUT2D eigenvalue weighted by Crippen LogP contribution is -2.32. The summed E-state index contributed by atoms with van der Waals surface area (Å²) >= 11 is 0. The van der Waals surface area contributed by atoms with E-state index in [-0.39, 0.29) is 12.3 Å². The topological polar surface area (TPSA) is 46.6 Å². The van der Waals surface area contributed by atoms with Crippen molar-refractivity contribution in [2.45, 2.75) is 25.6 Å². The summed E-state index contributed by atoms with van der Waals surface area (Å²) in [5.41, 5.74) is 0.583. The van der Waals surface area contributed by atoms with Crippen LogP contribution in [-0.4, -0.2) is 32.1 Å². The number of ether oxygens (including phenoxy) is 1. The quantitative estimate of drug-likeness (QED) is 0.825. The molecule has 0 atom stereocenters. The summed E-state index contributed by atoms with van der Waals surface area (Å²) in [5, 5.41) is -0.495. The van der Waals surface area contributed by atoms with Crippen molar-refractivity contribution in [3.63, 3.8) is 0 Å². The molecular weight excluding hydrogens is 257 g/mol. The molecule has 0 aliphatic rings. The Hall–Kier alpha value is -1.14. The van der Waals surface area contributed by atoms with Crippen molar-refractivity contribution in [1.82, 2.24) is 4.31 Å². The van der Waals surface area contributed by atoms with Gasteiger partial charge >= 0.3 is 0 Å². The van der Waals surface area contributed by atoms with Gasteiger partial charge < -0.3 is 4.74 Å². The van der Waals surface area contributed by atoms with Crippen LogP contribution in [0.4, 0.5) is 4.39 Å². The van der Waals surface area contributed by atoms with Gasteiger partial charge in [-0.15, -0.1) is 0 Å². The Morgan fingerprint density at radius 1 is 1.39 bits per heavy atom. The third-order valence-corrected chi connectivity index (χ3v) is 4.84. The van der Waals surface area contributed by atoms with E-state index in [1.807, 2.05) is 0 Å². The molecule has 0 amide bonds. The molecule has 0 aliphatic carbocycles. The molecule has 0 radical (unpaired) electrons. The van der Waals surface area contributed by atoms with Crippen molar-refractivity contribution in [3.05, 3.63) is 29.6 Å². The van der Waals surface area contributed by atoms with Gasteiger partial charge in [-0.3, -0.25) is 0 Å². The molecule has 0 unspecified atom stereocenters. The van der Waals surface area contributed by atoms with Gasteiger partial charge in [0.1, 0.15) is 0 Å². The van der Waals surface area contributed by atoms with Crippen LogP contribution in [0, 0.1) is 5.82 Å². The molecule has 4 nitrogen and oxygen atoms in total. The van der Waals surface area contributed by atoms with Crippen LogP contribution in [0.25, 0.3) is 0 Å². The Kier molecular flexibility index (Phi) is 4.70. The summed E-state index contributed by atoms with van der Waals surface area (Å²) in [7, 11) is -0.458. The Morgan fingerprint density at radius 3 is 2.44 bits per heavy atom. The van der Waals surface area contributed by atoms with Crippen LogP contribution in [-0.2, 0) is 16.6 Å². The SMILES string of the molecule is COc1ccc(CN(C)S(=O)(=O)C(C)C)cc1F. The highest BCUT2D eigenvalue weighted by molar-refractivity contribution is 7.89. The number of sulfonamides is 1. The van der Waals surface area contributed by atoms with Gasteiger partial charge in [0.15, 0.2) is 11.6 Å². The minimum absolute atomic E-state index is 0.140. The van der Waals surface area contributed by atoms with Gasteiger partial charge in [0.2, 0.25) is 10.0 Å². The minimum atomic E-state index is -3.32. The summed E-state index contributed by atoms with van der Waals surface area (Å²) < 4.78 is 43.2. The van der Waals surface area contributed by atoms with E-state index in [0.29, 0.717) is 5.56 Å². The van der Waals surface area contributed by atoms with Gasteiger partial charge in [-0.2, -0.15) is 0 Å². The fraction of sp³-hybridized carbons (Fsp3) is 0.500. The van der Waals surface area contributed by atoms with E-state index in [2.05, 4.69) is 0 Å². The van der Waals surface area contributed by atoms with E-state index < -0.39 is 21.1 Å². The maximum absolute atomic E-state index is 13.5. The van der Waals surface area contributed by atoms with Crippen LogP contribution < -0.4 is 4.74 Å². The van der Waals surface area contributed by atoms with Gasteiger partial charge in [0, 0.05) is 13.6 Å². The molecule has 0 aromatic heterocycles. The Balaban J connectivity index is 2.89. The average molecular weight is 275 g/mol. The number of nitrogens with zero attached hydrogens (tertiary/aromatic N) is 1. The Labute approximate surface area is 107 Å². The summed E-state index contributed by atoms with van der Waals surface area (Å²) in [4.78, 5) is 0. The maximum atomic E-state index is 13.5. The molecule has 6 heteroatoms. The number of halogens is 1. The van der Waals surface area contributed by atoms with E-state index in [0.717, 1.165) is 0 Å². The molecule has 1 rings (SSSR count). The van der Waals surface area contributed by atoms with Crippen molar-refractivity contribution in [1.29, 1.82) is 0 Å². The van der Waals surface area contributed by atoms with Gasteiger partial charge in [0.05, 0.1) is 12.4 Å². The van der Waals surface area contributed by atoms with Crippen LogP contribution >= 0.6 is 0 Å². The van der Waals surface area contributed by atoms with E-state index in [1.54, 1.807) is 19.9 Å². The molecule has 0 heterocycles. The zero-order valence-corrected chi connectivity index (χ0v) is 11.8. The lowest BCUT2D eigenvalue weighted by Gasteiger charge is -2.19. The Bertz CT molecular complexity index is 514. The number of hydrogen-bond donors (Lipinski definition) is 0. The fourth-order valence-electron chi connectivity index (χ4n) is 1.52. The number of methoxy groups -OCH3 is 1. The lowest BCUT2D eigenvalue weighted by molar-refractivity contribution is 0.385. The van der Waals surface area contributed by atoms with Crippen LogP contribution in [0.1, 0.15) is 19.4 Å². The van der Waals surface area contributed by atoms with E-state index in [9.17, 15) is 12.8 Å². The van der Waals surface area contributed by atoms with Crippen LogP contribution in [0.2, 0.25) is 0 Å². The highest BCUT2D eigenvalue weighted by atomic mass is 32.2. The molecule has 102 valence electrons. The first-order valence-corrected chi connectivity index (χ1v) is 7.07. The first-order valence-electron chi connectivity index (χ1n) is 5.56. The highest BCUT2D eigenvalue weighted by Gasteiger charge is 2.22. The molecule has 0 fully saturated rings. The highest BCUT2D eigenvalue weighted by Crippen LogP contribution is 2.19. The molecule has 0 spiro atoms. The zero-order chi connectivity index (χ0) is 13.9. The monoisotopic (exact) mass is 275 g/mol. The van der Waals surface area contributed by atoms with E-state index in [1.165, 1.54) is 30.6 Å². The van der Waals surface area contributed by atoms with E-state index >= 15 is 0 Å². The average Bonchev–Trinajstić information content (AvgIpc) is 2.28. The lowest BCUT2D eigenvalue weighted by atomic mass is 10.2. The fourth-order valence-corrected chi connectivity index (χ4v) is 2.56. The third kappa shape index (κ3) is 3.20. The first kappa shape index (κ1) is 14.9. The molecule has 0 N–H and O–H groups in total. The standard InChI is InChI=1S/C12H18FNO3S/c1-9(2)18(15,16)14(3)8-10-5-6-12(17-4)11(13)7-10/h5-7,9H,8H2,1-4H3. The molecule has 0 saturated heterocycles. The third-order valence-electron chi connectivity index (χ3n) is 2.65. The summed E-state index contributed by atoms with van der Waals surface area (Å²) in [6.45, 7) is 3.36. The molecule has 0 saturated carbocycles. The van der Waals surface area contributed by atoms with Crippen molar-refractivity contribution in [3.8, 4) is 5.75 Å². The zero-order valence-electron chi connectivity index (χ0n) is 11.0. The second kappa shape index (κ2) is 5.67. The van der Waals surface area contributed by atoms with Crippen LogP contribution in [0.3, 0.4) is 0 Å². The van der Waals surface area contributed by atoms with Gasteiger partial charge in [-0.1, -0.05) is 6.07 Å². The van der Waals surface area contributed by atoms with Gasteiger partial charge in [0.25, 0.3) is 0 Å². The van der Waals surface area contributed by atoms with E-state index in [4.69, 9.17) is 4.74 Å². The summed E-state index contributed by atoms with van der Waals surface area (Å²) in [5.74, 6) is -0.349. The second-order valence-corrected chi connectivity index (χ2v) is 6.91. The molecule has 1 aromatic rings. The molecule has 0 bridgehead atoms. The number of hydrogen-bond acceptors (Lipinski definition) is 3. The number of benzene rings is 1. The summed E-state index contributed by atoms with van der Waals surface area (Å²) in [6.07, 6.45) is 0. The predicted molar refractivity (Wildman–Crippen MR) is 68.5 cm³/mol. The molecular formula is C12H18FNO3S. The van der Waals surface area contributed by atoms with Gasteiger partial charge in [-0.25, -0.2) is 17.1 Å². The van der Waals surface area contributed by atoms with Crippen molar-refractivity contribution in [2.75, 3.05) is 14.2 Å². The van der Waals surface area contributed by atoms with Crippen molar-refractivity contribution < 1.29 is 17.5 Å². The molecule has 0 aliphatic heterocycles. The molecule has 1 aromatic carbocycles. The minimum Gasteiger partial charge on any atom is -0.494 e. The van der Waals surface area contributed by atoms with Gasteiger partial charge in [-0.05, 0) is 31.5 Å². The van der Waals surface area contributed by atoms with Crippen LogP contribution in [0.5, 0.6) is 5.75 Å².